The van der Waals surface area contributed by atoms with Crippen LogP contribution in [0.25, 0.3) is 0 Å². The number of benzene rings is 1. The summed E-state index contributed by atoms with van der Waals surface area (Å²) in [5.41, 5.74) is 1.55. The largest absolute Gasteiger partial charge is 0.508 e. The highest BCUT2D eigenvalue weighted by Crippen LogP contribution is 2.40. The van der Waals surface area contributed by atoms with E-state index in [9.17, 15) is 5.11 Å². The van der Waals surface area contributed by atoms with Gasteiger partial charge in [-0.3, -0.25) is 0 Å². The van der Waals surface area contributed by atoms with Crippen molar-refractivity contribution in [3.8, 4) is 5.75 Å². The van der Waals surface area contributed by atoms with Crippen molar-refractivity contribution in [3.05, 3.63) is 29.8 Å². The van der Waals surface area contributed by atoms with Crippen LogP contribution < -0.4 is 0 Å². The number of alkyl halides is 1. The van der Waals surface area contributed by atoms with E-state index < -0.39 is 0 Å². The van der Waals surface area contributed by atoms with Gasteiger partial charge in [-0.25, -0.2) is 0 Å². The normalized spacial score (nSPS) is 17.9. The number of phenolic OH excluding ortho intramolecular Hbond substituents is 1. The Morgan fingerprint density at radius 2 is 1.35 bits per heavy atom. The highest BCUT2D eigenvalue weighted by Gasteiger charge is 2.31. The van der Waals surface area contributed by atoms with Crippen molar-refractivity contribution >= 4 is 22.6 Å². The van der Waals surface area contributed by atoms with Gasteiger partial charge in [-0.2, -0.15) is 0 Å². The minimum Gasteiger partial charge on any atom is -0.508 e. The molecule has 0 bridgehead atoms. The Bertz CT molecular complexity index is 507. The van der Waals surface area contributed by atoms with Crippen LogP contribution in [0.2, 0.25) is 0 Å². The monoisotopic (exact) mass is 472 g/mol. The smallest absolute Gasteiger partial charge is 0.115 e. The summed E-state index contributed by atoms with van der Waals surface area (Å²) < 4.78 is 0.687. The van der Waals surface area contributed by atoms with Gasteiger partial charge in [-0.05, 0) is 78.9 Å². The van der Waals surface area contributed by atoms with Crippen LogP contribution in [0.15, 0.2) is 24.3 Å². The van der Waals surface area contributed by atoms with Crippen LogP contribution in [0, 0.1) is 23.7 Å². The Morgan fingerprint density at radius 3 is 1.85 bits per heavy atom. The molecule has 0 aliphatic carbocycles. The number of aromatic hydroxyl groups is 1. The summed E-state index contributed by atoms with van der Waals surface area (Å²) >= 11 is 2.65. The summed E-state index contributed by atoms with van der Waals surface area (Å²) in [5.74, 6) is 3.39. The van der Waals surface area contributed by atoms with E-state index in [0.29, 0.717) is 15.6 Å². The molecule has 0 aromatic heterocycles. The number of hydrogen-bond donors (Lipinski definition) is 1. The van der Waals surface area contributed by atoms with Crippen LogP contribution in [0.1, 0.15) is 86.1 Å². The lowest BCUT2D eigenvalue weighted by Gasteiger charge is -2.36. The number of rotatable bonds is 11. The Labute approximate surface area is 176 Å². The molecule has 150 valence electrons. The SMILES string of the molecule is CC(C)CC(C)CC(C)CC(C)(CC(I)CC(C)C)c1ccc(O)cc1. The van der Waals surface area contributed by atoms with Crippen LogP contribution in [0.5, 0.6) is 5.75 Å². The van der Waals surface area contributed by atoms with E-state index in [2.05, 4.69) is 83.2 Å². The first-order chi connectivity index (χ1) is 12.0. The van der Waals surface area contributed by atoms with Crippen LogP contribution in [-0.4, -0.2) is 9.03 Å². The molecule has 1 rings (SSSR count). The van der Waals surface area contributed by atoms with Crippen molar-refractivity contribution in [2.45, 2.75) is 89.9 Å². The lowest BCUT2D eigenvalue weighted by molar-refractivity contribution is 0.274. The van der Waals surface area contributed by atoms with Crippen molar-refractivity contribution in [1.29, 1.82) is 0 Å². The average Bonchev–Trinajstić information content (AvgIpc) is 2.44. The van der Waals surface area contributed by atoms with Crippen LogP contribution in [0.3, 0.4) is 0 Å². The Hall–Kier alpha value is -0.250. The molecule has 0 fully saturated rings. The summed E-state index contributed by atoms with van der Waals surface area (Å²) in [6.45, 7) is 16.6. The van der Waals surface area contributed by atoms with Gasteiger partial charge in [0.2, 0.25) is 0 Å². The molecule has 0 heterocycles. The van der Waals surface area contributed by atoms with Crippen LogP contribution in [0.4, 0.5) is 0 Å². The molecule has 0 saturated carbocycles. The molecule has 0 saturated heterocycles. The van der Waals surface area contributed by atoms with E-state index in [-0.39, 0.29) is 5.41 Å². The van der Waals surface area contributed by atoms with E-state index in [1.165, 1.54) is 37.7 Å². The first kappa shape index (κ1) is 23.8. The Kier molecular flexibility index (Phi) is 9.99. The van der Waals surface area contributed by atoms with Gasteiger partial charge >= 0.3 is 0 Å². The van der Waals surface area contributed by atoms with E-state index in [1.54, 1.807) is 0 Å². The van der Waals surface area contributed by atoms with Crippen molar-refractivity contribution < 1.29 is 5.11 Å². The molecule has 1 nitrogen and oxygen atoms in total. The van der Waals surface area contributed by atoms with Gasteiger partial charge in [-0.1, -0.05) is 83.2 Å². The Balaban J connectivity index is 2.91. The second-order valence-corrected chi connectivity index (χ2v) is 11.6. The molecule has 0 aliphatic rings. The number of phenols is 1. The predicted octanol–water partition coefficient (Wildman–Crippen LogP) is 7.99. The topological polar surface area (TPSA) is 20.2 Å². The minimum absolute atomic E-state index is 0.172. The van der Waals surface area contributed by atoms with E-state index in [0.717, 1.165) is 17.8 Å². The molecule has 0 spiro atoms. The van der Waals surface area contributed by atoms with Crippen molar-refractivity contribution in [2.24, 2.45) is 23.7 Å². The maximum Gasteiger partial charge on any atom is 0.115 e. The molecule has 0 aliphatic heterocycles. The van der Waals surface area contributed by atoms with E-state index in [1.807, 2.05) is 12.1 Å². The first-order valence-electron chi connectivity index (χ1n) is 10.5. The molecule has 1 aromatic rings. The minimum atomic E-state index is 0.172. The second-order valence-electron chi connectivity index (χ2n) is 9.82. The zero-order valence-electron chi connectivity index (χ0n) is 18.1. The molecule has 4 unspecified atom stereocenters. The highest BCUT2D eigenvalue weighted by molar-refractivity contribution is 14.1. The maximum atomic E-state index is 9.71. The van der Waals surface area contributed by atoms with Gasteiger partial charge in [-0.15, -0.1) is 0 Å². The zero-order chi connectivity index (χ0) is 19.9. The van der Waals surface area contributed by atoms with Crippen molar-refractivity contribution in [2.75, 3.05) is 0 Å². The van der Waals surface area contributed by atoms with Crippen molar-refractivity contribution in [3.63, 3.8) is 0 Å². The summed E-state index contributed by atoms with van der Waals surface area (Å²) in [7, 11) is 0. The molecular formula is C24H41IO. The summed E-state index contributed by atoms with van der Waals surface area (Å²) in [6, 6.07) is 7.98. The predicted molar refractivity (Wildman–Crippen MR) is 124 cm³/mol. The average molecular weight is 472 g/mol. The third kappa shape index (κ3) is 8.63. The third-order valence-corrected chi connectivity index (χ3v) is 6.39. The lowest BCUT2D eigenvalue weighted by atomic mass is 9.70. The first-order valence-corrected chi connectivity index (χ1v) is 11.7. The summed E-state index contributed by atoms with van der Waals surface area (Å²) in [6.07, 6.45) is 6.33. The second kappa shape index (κ2) is 10.9. The quantitative estimate of drug-likeness (QED) is 0.256. The molecule has 1 N–H and O–H groups in total. The van der Waals surface area contributed by atoms with Gasteiger partial charge < -0.3 is 5.11 Å². The van der Waals surface area contributed by atoms with Crippen LogP contribution in [-0.2, 0) is 5.41 Å². The zero-order valence-corrected chi connectivity index (χ0v) is 20.2. The fraction of sp³-hybridized carbons (Fsp3) is 0.750. The summed E-state index contributed by atoms with van der Waals surface area (Å²) in [4.78, 5) is 0. The summed E-state index contributed by atoms with van der Waals surface area (Å²) in [5, 5.41) is 9.71. The maximum absolute atomic E-state index is 9.71. The molecule has 1 aromatic carbocycles. The van der Waals surface area contributed by atoms with Gasteiger partial charge in [0.25, 0.3) is 0 Å². The number of halogens is 1. The number of hydrogen-bond acceptors (Lipinski definition) is 1. The highest BCUT2D eigenvalue weighted by atomic mass is 127. The fourth-order valence-electron chi connectivity index (χ4n) is 4.71. The molecule has 2 heteroatoms. The molecule has 0 radical (unpaired) electrons. The molecule has 4 atom stereocenters. The van der Waals surface area contributed by atoms with Gasteiger partial charge in [0.15, 0.2) is 0 Å². The lowest BCUT2D eigenvalue weighted by Crippen LogP contribution is -2.29. The fourth-order valence-corrected chi connectivity index (χ4v) is 6.70. The van der Waals surface area contributed by atoms with Crippen LogP contribution >= 0.6 is 22.6 Å². The van der Waals surface area contributed by atoms with Gasteiger partial charge in [0, 0.05) is 3.92 Å². The van der Waals surface area contributed by atoms with E-state index >= 15 is 0 Å². The van der Waals surface area contributed by atoms with Crippen molar-refractivity contribution in [1.82, 2.24) is 0 Å². The third-order valence-electron chi connectivity index (χ3n) is 5.44. The standard InChI is InChI=1S/C24H41IO/c1-17(2)12-19(5)14-20(6)15-24(7,16-22(25)13-18(3)4)21-8-10-23(26)11-9-21/h8-11,17-20,22,26H,12-16H2,1-7H3. The Morgan fingerprint density at radius 1 is 0.808 bits per heavy atom. The van der Waals surface area contributed by atoms with E-state index in [4.69, 9.17) is 0 Å². The molecule has 0 amide bonds. The molecule has 26 heavy (non-hydrogen) atoms. The van der Waals surface area contributed by atoms with Gasteiger partial charge in [0.1, 0.15) is 5.75 Å². The molecular weight excluding hydrogens is 431 g/mol. The van der Waals surface area contributed by atoms with Gasteiger partial charge in [0.05, 0.1) is 0 Å².